The van der Waals surface area contributed by atoms with Crippen molar-refractivity contribution in [1.82, 2.24) is 4.90 Å². The lowest BCUT2D eigenvalue weighted by Crippen LogP contribution is -2.61. The van der Waals surface area contributed by atoms with E-state index in [0.717, 1.165) is 12.8 Å². The van der Waals surface area contributed by atoms with Gasteiger partial charge in [0, 0.05) is 6.04 Å². The maximum absolute atomic E-state index is 12.5. The first-order chi connectivity index (χ1) is 9.06. The fourth-order valence-electron chi connectivity index (χ4n) is 2.79. The van der Waals surface area contributed by atoms with Gasteiger partial charge in [0.15, 0.2) is 0 Å². The molecule has 0 radical (unpaired) electrons. The molecule has 5 nitrogen and oxygen atoms in total. The van der Waals surface area contributed by atoms with Gasteiger partial charge in [-0.2, -0.15) is 0 Å². The third-order valence-electron chi connectivity index (χ3n) is 3.70. The summed E-state index contributed by atoms with van der Waals surface area (Å²) in [6.45, 7) is 10.9. The number of hydrogen-bond acceptors (Lipinski definition) is 3. The number of aliphatic carboxylic acids is 1. The summed E-state index contributed by atoms with van der Waals surface area (Å²) in [5.41, 5.74) is -1.78. The van der Waals surface area contributed by atoms with Crippen molar-refractivity contribution in [3.63, 3.8) is 0 Å². The van der Waals surface area contributed by atoms with Crippen molar-refractivity contribution >= 4 is 12.1 Å². The van der Waals surface area contributed by atoms with Crippen LogP contribution in [0.15, 0.2) is 0 Å². The molecule has 0 aromatic rings. The molecule has 0 aliphatic heterocycles. The summed E-state index contributed by atoms with van der Waals surface area (Å²) in [6, 6.07) is -0.221. The normalized spacial score (nSPS) is 18.6. The molecule has 0 heterocycles. The van der Waals surface area contributed by atoms with Gasteiger partial charge in [-0.15, -0.1) is 0 Å². The Hall–Kier alpha value is -1.26. The molecule has 5 heteroatoms. The molecule has 116 valence electrons. The molecule has 1 atom stereocenters. The largest absolute Gasteiger partial charge is 0.479 e. The van der Waals surface area contributed by atoms with Crippen LogP contribution < -0.4 is 0 Å². The fourth-order valence-corrected chi connectivity index (χ4v) is 2.79. The molecule has 1 saturated carbocycles. The van der Waals surface area contributed by atoms with Crippen LogP contribution >= 0.6 is 0 Å². The van der Waals surface area contributed by atoms with Gasteiger partial charge in [-0.05, 0) is 59.8 Å². The lowest BCUT2D eigenvalue weighted by molar-refractivity contribution is -0.155. The van der Waals surface area contributed by atoms with Gasteiger partial charge in [-0.3, -0.25) is 4.90 Å². The summed E-state index contributed by atoms with van der Waals surface area (Å²) in [7, 11) is 0. The van der Waals surface area contributed by atoms with Gasteiger partial charge in [-0.25, -0.2) is 9.59 Å². The minimum Gasteiger partial charge on any atom is -0.479 e. The van der Waals surface area contributed by atoms with E-state index in [0.29, 0.717) is 6.42 Å². The van der Waals surface area contributed by atoms with Crippen molar-refractivity contribution in [2.24, 2.45) is 5.92 Å². The average molecular weight is 285 g/mol. The third-order valence-corrected chi connectivity index (χ3v) is 3.70. The summed E-state index contributed by atoms with van der Waals surface area (Å²) >= 11 is 0. The van der Waals surface area contributed by atoms with E-state index < -0.39 is 23.2 Å². The highest BCUT2D eigenvalue weighted by Crippen LogP contribution is 2.46. The molecule has 1 N–H and O–H groups in total. The maximum atomic E-state index is 12.5. The van der Waals surface area contributed by atoms with Crippen LogP contribution in [0.25, 0.3) is 0 Å². The first-order valence-electron chi connectivity index (χ1n) is 7.32. The predicted molar refractivity (Wildman–Crippen MR) is 76.6 cm³/mol. The van der Waals surface area contributed by atoms with Crippen molar-refractivity contribution in [3.05, 3.63) is 0 Å². The third kappa shape index (κ3) is 3.25. The number of carbonyl (C=O) groups excluding carboxylic acids is 1. The van der Waals surface area contributed by atoms with E-state index in [1.54, 1.807) is 20.8 Å². The smallest absolute Gasteiger partial charge is 0.411 e. The Balaban J connectivity index is 3.16. The number of hydrogen-bond donors (Lipinski definition) is 1. The van der Waals surface area contributed by atoms with Crippen LogP contribution in [0.2, 0.25) is 0 Å². The first-order valence-corrected chi connectivity index (χ1v) is 7.32. The Morgan fingerprint density at radius 3 is 2.05 bits per heavy atom. The SMILES string of the molecule is CCC(C(=O)O)(C1CC1)N(C(=O)OC(C)(C)C)C(C)C. The van der Waals surface area contributed by atoms with Gasteiger partial charge in [0.05, 0.1) is 0 Å². The molecule has 1 rings (SSSR count). The van der Waals surface area contributed by atoms with Crippen molar-refractivity contribution < 1.29 is 19.4 Å². The van der Waals surface area contributed by atoms with Gasteiger partial charge in [0.25, 0.3) is 0 Å². The summed E-state index contributed by atoms with van der Waals surface area (Å²) in [5, 5.41) is 9.75. The second-order valence-electron chi connectivity index (χ2n) is 6.80. The Morgan fingerprint density at radius 2 is 1.80 bits per heavy atom. The number of carbonyl (C=O) groups is 2. The molecule has 0 saturated heterocycles. The second-order valence-corrected chi connectivity index (χ2v) is 6.80. The van der Waals surface area contributed by atoms with Gasteiger partial charge in [0.2, 0.25) is 0 Å². The highest BCUT2D eigenvalue weighted by atomic mass is 16.6. The van der Waals surface area contributed by atoms with Gasteiger partial charge in [-0.1, -0.05) is 6.92 Å². The van der Waals surface area contributed by atoms with E-state index >= 15 is 0 Å². The number of carboxylic acids is 1. The van der Waals surface area contributed by atoms with Crippen LogP contribution in [0.5, 0.6) is 0 Å². The van der Waals surface area contributed by atoms with Gasteiger partial charge in [0.1, 0.15) is 11.1 Å². The molecule has 0 aromatic heterocycles. The zero-order chi connectivity index (χ0) is 15.7. The number of ether oxygens (including phenoxy) is 1. The quantitative estimate of drug-likeness (QED) is 0.841. The minimum atomic E-state index is -1.14. The summed E-state index contributed by atoms with van der Waals surface area (Å²) in [6.07, 6.45) is 1.56. The molecular weight excluding hydrogens is 258 g/mol. The Morgan fingerprint density at radius 1 is 1.30 bits per heavy atom. The number of rotatable bonds is 5. The van der Waals surface area contributed by atoms with E-state index in [1.807, 2.05) is 20.8 Å². The molecule has 20 heavy (non-hydrogen) atoms. The van der Waals surface area contributed by atoms with E-state index in [9.17, 15) is 14.7 Å². The molecule has 1 aliphatic rings. The van der Waals surface area contributed by atoms with E-state index in [4.69, 9.17) is 4.74 Å². The fraction of sp³-hybridized carbons (Fsp3) is 0.867. The molecule has 1 fully saturated rings. The highest BCUT2D eigenvalue weighted by molar-refractivity contribution is 5.85. The van der Waals surface area contributed by atoms with E-state index in [2.05, 4.69) is 0 Å². The number of amides is 1. The first kappa shape index (κ1) is 16.8. The van der Waals surface area contributed by atoms with Crippen LogP contribution in [0.4, 0.5) is 4.79 Å². The van der Waals surface area contributed by atoms with Crippen molar-refractivity contribution in [2.45, 2.75) is 78.0 Å². The van der Waals surface area contributed by atoms with Crippen LogP contribution in [0.3, 0.4) is 0 Å². The highest BCUT2D eigenvalue weighted by Gasteiger charge is 2.57. The maximum Gasteiger partial charge on any atom is 0.411 e. The predicted octanol–water partition coefficient (Wildman–Crippen LogP) is 3.28. The Kier molecular flexibility index (Phi) is 4.72. The summed E-state index contributed by atoms with van der Waals surface area (Å²) in [4.78, 5) is 25.8. The van der Waals surface area contributed by atoms with Gasteiger partial charge < -0.3 is 9.84 Å². The van der Waals surface area contributed by atoms with Crippen LogP contribution in [0, 0.1) is 5.92 Å². The summed E-state index contributed by atoms with van der Waals surface area (Å²) in [5.74, 6) is -0.901. The topological polar surface area (TPSA) is 66.8 Å². The van der Waals surface area contributed by atoms with E-state index in [1.165, 1.54) is 4.90 Å². The molecule has 0 bridgehead atoms. The minimum absolute atomic E-state index is 0.0277. The van der Waals surface area contributed by atoms with Crippen LogP contribution in [0.1, 0.15) is 60.8 Å². The lowest BCUT2D eigenvalue weighted by Gasteiger charge is -2.43. The summed E-state index contributed by atoms with van der Waals surface area (Å²) < 4.78 is 5.42. The monoisotopic (exact) mass is 285 g/mol. The lowest BCUT2D eigenvalue weighted by atomic mass is 9.87. The molecular formula is C15H27NO4. The van der Waals surface area contributed by atoms with Crippen molar-refractivity contribution in [1.29, 1.82) is 0 Å². The Bertz CT molecular complexity index is 382. The average Bonchev–Trinajstić information content (AvgIpc) is 3.05. The second kappa shape index (κ2) is 5.62. The zero-order valence-electron chi connectivity index (χ0n) is 13.4. The standard InChI is InChI=1S/C15H27NO4/c1-7-15(12(17)18,11-8-9-11)16(10(2)3)13(19)20-14(4,5)6/h10-11H,7-9H2,1-6H3,(H,17,18). The molecule has 0 aromatic carbocycles. The number of nitrogens with zero attached hydrogens (tertiary/aromatic N) is 1. The zero-order valence-corrected chi connectivity index (χ0v) is 13.4. The molecule has 0 spiro atoms. The Labute approximate surface area is 121 Å². The van der Waals surface area contributed by atoms with Gasteiger partial charge >= 0.3 is 12.1 Å². The molecule has 1 amide bonds. The van der Waals surface area contributed by atoms with E-state index in [-0.39, 0.29) is 12.0 Å². The van der Waals surface area contributed by atoms with Crippen molar-refractivity contribution in [3.8, 4) is 0 Å². The van der Waals surface area contributed by atoms with Crippen LogP contribution in [-0.2, 0) is 9.53 Å². The molecule has 1 aliphatic carbocycles. The van der Waals surface area contributed by atoms with Crippen molar-refractivity contribution in [2.75, 3.05) is 0 Å². The molecule has 1 unspecified atom stereocenters. The van der Waals surface area contributed by atoms with Crippen LogP contribution in [-0.4, -0.2) is 39.3 Å². The number of carboxylic acid groups (broad SMARTS) is 1.